The van der Waals surface area contributed by atoms with Gasteiger partial charge in [-0.15, -0.1) is 12.4 Å². The molecule has 1 heterocycles. The summed E-state index contributed by atoms with van der Waals surface area (Å²) in [6, 6.07) is -0.446. The Labute approximate surface area is 127 Å². The number of nitrogens with two attached hydrogens (primary N) is 1. The lowest BCUT2D eigenvalue weighted by Gasteiger charge is -2.23. The summed E-state index contributed by atoms with van der Waals surface area (Å²) in [6.45, 7) is 10.2. The van der Waals surface area contributed by atoms with Gasteiger partial charge in [0, 0.05) is 12.1 Å². The molecule has 0 bridgehead atoms. The van der Waals surface area contributed by atoms with Crippen molar-refractivity contribution in [3.05, 3.63) is 0 Å². The monoisotopic (exact) mass is 306 g/mol. The van der Waals surface area contributed by atoms with E-state index in [4.69, 9.17) is 5.73 Å². The van der Waals surface area contributed by atoms with Crippen LogP contribution in [0.15, 0.2) is 0 Å². The number of nitrogens with zero attached hydrogens (tertiary/aromatic N) is 1. The summed E-state index contributed by atoms with van der Waals surface area (Å²) in [7, 11) is 0. The van der Waals surface area contributed by atoms with Gasteiger partial charge in [-0.1, -0.05) is 6.92 Å². The van der Waals surface area contributed by atoms with Gasteiger partial charge in [0.2, 0.25) is 5.91 Å². The van der Waals surface area contributed by atoms with Gasteiger partial charge in [-0.05, 0) is 45.7 Å². The lowest BCUT2D eigenvalue weighted by Crippen LogP contribution is -2.50. The van der Waals surface area contributed by atoms with E-state index >= 15 is 0 Å². The lowest BCUT2D eigenvalue weighted by atomic mass is 9.90. The Hall–Kier alpha value is -0.850. The summed E-state index contributed by atoms with van der Waals surface area (Å²) in [5, 5.41) is 5.04. The smallest absolute Gasteiger partial charge is 0.321 e. The third-order valence-electron chi connectivity index (χ3n) is 3.24. The van der Waals surface area contributed by atoms with Crippen molar-refractivity contribution in [2.45, 2.75) is 39.7 Å². The highest BCUT2D eigenvalue weighted by Gasteiger charge is 2.33. The van der Waals surface area contributed by atoms with Crippen molar-refractivity contribution in [1.29, 1.82) is 0 Å². The molecule has 0 aromatic carbocycles. The van der Waals surface area contributed by atoms with Gasteiger partial charge >= 0.3 is 6.03 Å². The highest BCUT2D eigenvalue weighted by Crippen LogP contribution is 2.27. The van der Waals surface area contributed by atoms with Crippen LogP contribution in [0, 0.1) is 5.41 Å². The predicted molar refractivity (Wildman–Crippen MR) is 81.9 cm³/mol. The summed E-state index contributed by atoms with van der Waals surface area (Å²) in [5.41, 5.74) is 5.46. The van der Waals surface area contributed by atoms with E-state index in [9.17, 15) is 9.59 Å². The number of hydrogen-bond acceptors (Lipinski definition) is 4. The van der Waals surface area contributed by atoms with Crippen LogP contribution in [-0.4, -0.2) is 48.6 Å². The topological polar surface area (TPSA) is 87.5 Å². The minimum atomic E-state index is -0.446. The van der Waals surface area contributed by atoms with Crippen LogP contribution < -0.4 is 16.4 Å². The normalized spacial score (nSPS) is 23.1. The molecular weight excluding hydrogens is 280 g/mol. The Bertz CT molecular complexity index is 357. The molecule has 0 aromatic rings. The zero-order chi connectivity index (χ0) is 14.7. The first-order valence-corrected chi connectivity index (χ1v) is 6.68. The number of imide groups is 1. The van der Waals surface area contributed by atoms with Crippen LogP contribution >= 0.6 is 12.4 Å². The lowest BCUT2D eigenvalue weighted by molar-refractivity contribution is -0.121. The Kier molecular flexibility index (Phi) is 6.93. The maximum Gasteiger partial charge on any atom is 0.321 e. The standard InChI is InChI=1S/C13H26N4O2.ClH/c1-12(2,3)16-11(19)15-10(18)7-17-6-5-13(4,8-14)9-17;/h5-9,14H2,1-4H3,(H2,15,16,18,19);1H. The van der Waals surface area contributed by atoms with Gasteiger partial charge in [-0.25, -0.2) is 4.79 Å². The van der Waals surface area contributed by atoms with Crippen LogP contribution in [0.2, 0.25) is 0 Å². The van der Waals surface area contributed by atoms with Gasteiger partial charge in [0.15, 0.2) is 0 Å². The predicted octanol–water partition coefficient (Wildman–Crippen LogP) is 0.703. The summed E-state index contributed by atoms with van der Waals surface area (Å²) in [6.07, 6.45) is 0.991. The maximum absolute atomic E-state index is 11.7. The van der Waals surface area contributed by atoms with Crippen LogP contribution in [0.4, 0.5) is 4.79 Å². The second-order valence-corrected chi connectivity index (χ2v) is 6.73. The maximum atomic E-state index is 11.7. The van der Waals surface area contributed by atoms with E-state index in [0.717, 1.165) is 19.5 Å². The van der Waals surface area contributed by atoms with Crippen molar-refractivity contribution >= 4 is 24.3 Å². The van der Waals surface area contributed by atoms with Crippen LogP contribution in [0.5, 0.6) is 0 Å². The second kappa shape index (κ2) is 7.24. The molecule has 0 aliphatic carbocycles. The van der Waals surface area contributed by atoms with Crippen LogP contribution in [-0.2, 0) is 4.79 Å². The highest BCUT2D eigenvalue weighted by molar-refractivity contribution is 5.95. The third kappa shape index (κ3) is 6.54. The van der Waals surface area contributed by atoms with E-state index in [2.05, 4.69) is 17.6 Å². The minimum Gasteiger partial charge on any atom is -0.333 e. The first-order valence-electron chi connectivity index (χ1n) is 6.68. The molecule has 0 radical (unpaired) electrons. The Balaban J connectivity index is 0.00000361. The van der Waals surface area contributed by atoms with Crippen LogP contribution in [0.1, 0.15) is 34.1 Å². The minimum absolute atomic E-state index is 0. The molecular formula is C13H27ClN4O2. The largest absolute Gasteiger partial charge is 0.333 e. The number of hydrogen-bond donors (Lipinski definition) is 3. The first kappa shape index (κ1) is 19.1. The van der Waals surface area contributed by atoms with E-state index in [1.807, 2.05) is 25.7 Å². The number of halogens is 1. The third-order valence-corrected chi connectivity index (χ3v) is 3.24. The molecule has 7 heteroatoms. The quantitative estimate of drug-likeness (QED) is 0.716. The van der Waals surface area contributed by atoms with Crippen molar-refractivity contribution in [3.8, 4) is 0 Å². The van der Waals surface area contributed by atoms with Crippen molar-refractivity contribution in [1.82, 2.24) is 15.5 Å². The van der Waals surface area contributed by atoms with Gasteiger partial charge in [0.05, 0.1) is 6.54 Å². The average molecular weight is 307 g/mol. The van der Waals surface area contributed by atoms with E-state index in [0.29, 0.717) is 6.54 Å². The molecule has 0 spiro atoms. The zero-order valence-corrected chi connectivity index (χ0v) is 13.6. The highest BCUT2D eigenvalue weighted by atomic mass is 35.5. The number of nitrogens with one attached hydrogen (secondary N) is 2. The van der Waals surface area contributed by atoms with E-state index in [1.165, 1.54) is 0 Å². The first-order chi connectivity index (χ1) is 8.63. The number of carbonyl (C=O) groups is 2. The summed E-state index contributed by atoms with van der Waals surface area (Å²) in [5.74, 6) is -0.275. The number of likely N-dealkylation sites (tertiary alicyclic amines) is 1. The van der Waals surface area contributed by atoms with E-state index in [-0.39, 0.29) is 35.8 Å². The van der Waals surface area contributed by atoms with E-state index in [1.54, 1.807) is 0 Å². The number of urea groups is 1. The molecule has 1 atom stereocenters. The van der Waals surface area contributed by atoms with Gasteiger partial charge in [0.1, 0.15) is 0 Å². The molecule has 3 amide bonds. The molecule has 20 heavy (non-hydrogen) atoms. The Morgan fingerprint density at radius 2 is 1.95 bits per heavy atom. The van der Waals surface area contributed by atoms with Crippen LogP contribution in [0.3, 0.4) is 0 Å². The van der Waals surface area contributed by atoms with Gasteiger partial charge < -0.3 is 11.1 Å². The van der Waals surface area contributed by atoms with Crippen molar-refractivity contribution in [2.24, 2.45) is 11.1 Å². The van der Waals surface area contributed by atoms with Crippen molar-refractivity contribution in [2.75, 3.05) is 26.2 Å². The molecule has 1 saturated heterocycles. The Morgan fingerprint density at radius 1 is 1.35 bits per heavy atom. The second-order valence-electron chi connectivity index (χ2n) is 6.73. The molecule has 0 saturated carbocycles. The molecule has 1 fully saturated rings. The fraction of sp³-hybridized carbons (Fsp3) is 0.846. The van der Waals surface area contributed by atoms with Crippen molar-refractivity contribution in [3.63, 3.8) is 0 Å². The average Bonchev–Trinajstić information content (AvgIpc) is 2.57. The molecule has 1 rings (SSSR count). The number of rotatable bonds is 3. The zero-order valence-electron chi connectivity index (χ0n) is 12.8. The molecule has 4 N–H and O–H groups in total. The molecule has 1 aliphatic rings. The molecule has 6 nitrogen and oxygen atoms in total. The van der Waals surface area contributed by atoms with Gasteiger partial charge in [0.25, 0.3) is 0 Å². The Morgan fingerprint density at radius 3 is 2.40 bits per heavy atom. The van der Waals surface area contributed by atoms with Gasteiger partial charge in [-0.3, -0.25) is 15.0 Å². The fourth-order valence-electron chi connectivity index (χ4n) is 2.17. The van der Waals surface area contributed by atoms with E-state index < -0.39 is 6.03 Å². The summed E-state index contributed by atoms with van der Waals surface area (Å²) < 4.78 is 0. The van der Waals surface area contributed by atoms with Crippen molar-refractivity contribution < 1.29 is 9.59 Å². The SMILES string of the molecule is CC1(CN)CCN(CC(=O)NC(=O)NC(C)(C)C)C1.Cl. The number of amides is 3. The summed E-state index contributed by atoms with van der Waals surface area (Å²) in [4.78, 5) is 25.3. The fourth-order valence-corrected chi connectivity index (χ4v) is 2.17. The summed E-state index contributed by atoms with van der Waals surface area (Å²) >= 11 is 0. The molecule has 0 aromatic heterocycles. The molecule has 1 unspecified atom stereocenters. The van der Waals surface area contributed by atoms with Gasteiger partial charge in [-0.2, -0.15) is 0 Å². The molecule has 1 aliphatic heterocycles. The number of carbonyl (C=O) groups excluding carboxylic acids is 2. The molecule has 118 valence electrons. The van der Waals surface area contributed by atoms with Crippen LogP contribution in [0.25, 0.3) is 0 Å².